The third kappa shape index (κ3) is 7.73. The number of carbonyl (C=O) groups excluding carboxylic acids is 2. The number of phenolic OH excluding ortho intramolecular Hbond substituents is 2. The lowest BCUT2D eigenvalue weighted by Gasteiger charge is -2.42. The van der Waals surface area contributed by atoms with Gasteiger partial charge in [0.25, 0.3) is 0 Å². The van der Waals surface area contributed by atoms with Gasteiger partial charge in [-0.3, -0.25) is 9.69 Å². The van der Waals surface area contributed by atoms with Crippen molar-refractivity contribution >= 4 is 23.6 Å². The maximum Gasteiger partial charge on any atom is 0.342 e. The number of thioether (sulfide) groups is 1. The average Bonchev–Trinajstić information content (AvgIpc) is 3.23. The minimum absolute atomic E-state index is 0.0136. The van der Waals surface area contributed by atoms with Crippen LogP contribution in [0.5, 0.6) is 11.5 Å². The topological polar surface area (TPSA) is 169 Å². The van der Waals surface area contributed by atoms with E-state index in [4.69, 9.17) is 9.47 Å². The van der Waals surface area contributed by atoms with Crippen molar-refractivity contribution in [1.29, 1.82) is 0 Å². The fraction of sp³-hybridized carbons (Fsp3) is 0.692. The molecule has 2 fully saturated rings. The van der Waals surface area contributed by atoms with Gasteiger partial charge < -0.3 is 40.3 Å². The number of nitrogens with zero attached hydrogens (tertiary/aromatic N) is 1. The number of esters is 1. The van der Waals surface area contributed by atoms with E-state index in [1.54, 1.807) is 0 Å². The zero-order chi connectivity index (χ0) is 28.0. The molecule has 0 saturated carbocycles. The molecule has 1 aromatic rings. The van der Waals surface area contributed by atoms with Crippen LogP contribution < -0.4 is 5.32 Å². The van der Waals surface area contributed by atoms with Crippen molar-refractivity contribution in [2.45, 2.75) is 81.5 Å². The summed E-state index contributed by atoms with van der Waals surface area (Å²) in [5, 5.41) is 53.8. The molecule has 0 unspecified atom stereocenters. The number of phenols is 2. The van der Waals surface area contributed by atoms with Crippen LogP contribution in [0.25, 0.3) is 0 Å². The fourth-order valence-electron chi connectivity index (χ4n) is 5.13. The van der Waals surface area contributed by atoms with Gasteiger partial charge in [0.2, 0.25) is 5.91 Å². The Bertz CT molecular complexity index is 949. The Balaban J connectivity index is 1.55. The molecule has 38 heavy (non-hydrogen) atoms. The van der Waals surface area contributed by atoms with Crippen LogP contribution in [0.1, 0.15) is 49.9 Å². The lowest BCUT2D eigenvalue weighted by atomic mass is 9.93. The molecule has 8 atom stereocenters. The molecule has 0 radical (unpaired) electrons. The first-order chi connectivity index (χ1) is 18.0. The van der Waals surface area contributed by atoms with Crippen molar-refractivity contribution in [3.63, 3.8) is 0 Å². The van der Waals surface area contributed by atoms with Gasteiger partial charge in [0, 0.05) is 18.7 Å². The highest BCUT2D eigenvalue weighted by atomic mass is 32.2. The van der Waals surface area contributed by atoms with Gasteiger partial charge in [-0.1, -0.05) is 13.3 Å². The van der Waals surface area contributed by atoms with Crippen LogP contribution in [0.2, 0.25) is 0 Å². The highest BCUT2D eigenvalue weighted by Gasteiger charge is 2.44. The Hall–Kier alpha value is -2.09. The van der Waals surface area contributed by atoms with Crippen molar-refractivity contribution in [2.75, 3.05) is 26.0 Å². The Morgan fingerprint density at radius 2 is 1.97 bits per heavy atom. The normalized spacial score (nSPS) is 29.5. The summed E-state index contributed by atoms with van der Waals surface area (Å²) in [6, 6.07) is 2.31. The van der Waals surface area contributed by atoms with E-state index >= 15 is 0 Å². The first kappa shape index (κ1) is 30.5. The van der Waals surface area contributed by atoms with Crippen LogP contribution in [0.4, 0.5) is 0 Å². The van der Waals surface area contributed by atoms with Crippen LogP contribution in [0.15, 0.2) is 18.2 Å². The van der Waals surface area contributed by atoms with Gasteiger partial charge in [0.15, 0.2) is 0 Å². The maximum atomic E-state index is 13.1. The molecule has 2 aliphatic rings. The molecule has 1 amide bonds. The third-order valence-electron chi connectivity index (χ3n) is 7.08. The molecule has 0 bridgehead atoms. The van der Waals surface area contributed by atoms with E-state index in [1.807, 2.05) is 11.9 Å². The van der Waals surface area contributed by atoms with E-state index in [0.717, 1.165) is 43.6 Å². The van der Waals surface area contributed by atoms with E-state index in [2.05, 4.69) is 12.2 Å². The molecule has 3 rings (SSSR count). The Kier molecular flexibility index (Phi) is 11.1. The van der Waals surface area contributed by atoms with Gasteiger partial charge in [-0.25, -0.2) is 4.79 Å². The van der Waals surface area contributed by atoms with Crippen molar-refractivity contribution in [3.05, 3.63) is 23.8 Å². The highest BCUT2D eigenvalue weighted by Crippen LogP contribution is 2.31. The molecular weight excluding hydrogens is 516 g/mol. The standard InChI is InChI=1S/C26H40N2O9S/c1-4-5-15-10-18(28(3)13-15)24(34)27-22(14(2)29)23-20(32)12-21(33)26(37-23)38-9-8-36-25(35)17-11-16(30)6-7-19(17)31/h6-7,11,14-15,18,20-23,26,29-33H,4-5,8-10,12-13H2,1-3H3,(H,27,34)/t14-,15-,18+,20-,21-,22-,23+,26-/m1/s1. The summed E-state index contributed by atoms with van der Waals surface area (Å²) in [6.07, 6.45) is -1.30. The summed E-state index contributed by atoms with van der Waals surface area (Å²) >= 11 is 1.16. The first-order valence-electron chi connectivity index (χ1n) is 13.0. The SMILES string of the molecule is CCC[C@@H]1C[C@@H](C(=O)N[C@@H]([C@H]2O[C@H](SCCOC(=O)c3cc(O)ccc3O)[C@H](O)C[C@H]2O)[C@@H](C)O)N(C)C1. The molecule has 2 heterocycles. The number of likely N-dealkylation sites (N-methyl/N-ethyl adjacent to an activating group) is 1. The van der Waals surface area contributed by atoms with E-state index in [1.165, 1.54) is 19.1 Å². The second-order valence-corrected chi connectivity index (χ2v) is 11.4. The second kappa shape index (κ2) is 13.8. The summed E-state index contributed by atoms with van der Waals surface area (Å²) in [4.78, 5) is 27.3. The number of rotatable bonds is 11. The predicted octanol–water partition coefficient (Wildman–Crippen LogP) is 0.811. The molecule has 0 aliphatic carbocycles. The third-order valence-corrected chi connectivity index (χ3v) is 8.24. The molecule has 0 spiro atoms. The summed E-state index contributed by atoms with van der Waals surface area (Å²) < 4.78 is 11.1. The summed E-state index contributed by atoms with van der Waals surface area (Å²) in [5.41, 5.74) is -0.964. The number of carbonyl (C=O) groups is 2. The number of hydrogen-bond donors (Lipinski definition) is 6. The molecule has 214 valence electrons. The molecule has 11 nitrogen and oxygen atoms in total. The molecule has 6 N–H and O–H groups in total. The van der Waals surface area contributed by atoms with Crippen LogP contribution in [-0.2, 0) is 14.3 Å². The number of benzene rings is 1. The first-order valence-corrected chi connectivity index (χ1v) is 14.1. The van der Waals surface area contributed by atoms with Crippen LogP contribution in [-0.4, -0.2) is 110 Å². The molecule has 2 saturated heterocycles. The van der Waals surface area contributed by atoms with Gasteiger partial charge in [-0.15, -0.1) is 11.8 Å². The van der Waals surface area contributed by atoms with Crippen LogP contribution >= 0.6 is 11.8 Å². The van der Waals surface area contributed by atoms with Gasteiger partial charge >= 0.3 is 5.97 Å². The second-order valence-electron chi connectivity index (χ2n) is 10.2. The molecule has 2 aliphatic heterocycles. The molecule has 0 aromatic heterocycles. The minimum atomic E-state index is -1.11. The summed E-state index contributed by atoms with van der Waals surface area (Å²) in [7, 11) is 1.90. The number of amides is 1. The van der Waals surface area contributed by atoms with Crippen molar-refractivity contribution in [3.8, 4) is 11.5 Å². The number of nitrogens with one attached hydrogen (secondary N) is 1. The number of aliphatic hydroxyl groups excluding tert-OH is 3. The lowest BCUT2D eigenvalue weighted by molar-refractivity contribution is -0.161. The Morgan fingerprint density at radius 3 is 2.66 bits per heavy atom. The lowest BCUT2D eigenvalue weighted by Crippen LogP contribution is -2.61. The quantitative estimate of drug-likeness (QED) is 0.130. The summed E-state index contributed by atoms with van der Waals surface area (Å²) in [6.45, 7) is 4.39. The fourth-order valence-corrected chi connectivity index (χ4v) is 6.09. The maximum absolute atomic E-state index is 13.1. The summed E-state index contributed by atoms with van der Waals surface area (Å²) in [5.74, 6) is -0.888. The zero-order valence-corrected chi connectivity index (χ0v) is 22.8. The van der Waals surface area contributed by atoms with E-state index < -0.39 is 41.9 Å². The van der Waals surface area contributed by atoms with E-state index in [9.17, 15) is 35.1 Å². The number of aromatic hydroxyl groups is 2. The van der Waals surface area contributed by atoms with Gasteiger partial charge in [-0.2, -0.15) is 0 Å². The van der Waals surface area contributed by atoms with Gasteiger partial charge in [0.05, 0.1) is 30.4 Å². The van der Waals surface area contributed by atoms with Crippen LogP contribution in [0, 0.1) is 5.92 Å². The smallest absolute Gasteiger partial charge is 0.342 e. The van der Waals surface area contributed by atoms with Crippen LogP contribution in [0.3, 0.4) is 0 Å². The zero-order valence-electron chi connectivity index (χ0n) is 22.0. The monoisotopic (exact) mass is 556 g/mol. The predicted molar refractivity (Wildman–Crippen MR) is 141 cm³/mol. The largest absolute Gasteiger partial charge is 0.508 e. The number of aliphatic hydroxyl groups is 3. The van der Waals surface area contributed by atoms with E-state index in [-0.39, 0.29) is 47.8 Å². The van der Waals surface area contributed by atoms with Crippen molar-refractivity contribution < 1.29 is 44.6 Å². The Labute approximate surface area is 227 Å². The molecule has 12 heteroatoms. The minimum Gasteiger partial charge on any atom is -0.508 e. The number of hydrogen-bond acceptors (Lipinski definition) is 11. The average molecular weight is 557 g/mol. The van der Waals surface area contributed by atoms with Gasteiger partial charge in [-0.05, 0) is 50.9 Å². The number of likely N-dealkylation sites (tertiary alicyclic amines) is 1. The highest BCUT2D eigenvalue weighted by molar-refractivity contribution is 7.99. The molecular formula is C26H40N2O9S. The van der Waals surface area contributed by atoms with Gasteiger partial charge in [0.1, 0.15) is 35.2 Å². The molecule has 1 aromatic carbocycles. The Morgan fingerprint density at radius 1 is 1.24 bits per heavy atom. The van der Waals surface area contributed by atoms with E-state index in [0.29, 0.717) is 5.92 Å². The number of ether oxygens (including phenoxy) is 2. The van der Waals surface area contributed by atoms with Crippen molar-refractivity contribution in [2.24, 2.45) is 5.92 Å². The van der Waals surface area contributed by atoms with Crippen molar-refractivity contribution in [1.82, 2.24) is 10.2 Å².